The molecule has 98 valence electrons. The first-order valence-electron chi connectivity index (χ1n) is 4.46. The fourth-order valence-corrected chi connectivity index (χ4v) is 1.82. The van der Waals surface area contributed by atoms with Crippen LogP contribution in [0.5, 0.6) is 5.75 Å². The zero-order valence-electron chi connectivity index (χ0n) is 8.86. The highest BCUT2D eigenvalue weighted by atomic mass is 32.2. The Morgan fingerprint density at radius 3 is 2.33 bits per heavy atom. The number of benzene rings is 1. The van der Waals surface area contributed by atoms with Crippen molar-refractivity contribution in [3.63, 3.8) is 0 Å². The van der Waals surface area contributed by atoms with E-state index in [9.17, 15) is 18.0 Å². The third-order valence-corrected chi connectivity index (χ3v) is 2.78. The number of aliphatic carboxylic acids is 1. The van der Waals surface area contributed by atoms with Crippen LogP contribution in [0.1, 0.15) is 10.4 Å². The van der Waals surface area contributed by atoms with Gasteiger partial charge >= 0.3 is 11.9 Å². The standard InChI is InChI=1S/C9H9NO7S/c10-18(15,16)7-3-5(9(13)14)1-2-6(7)17-4-8(11)12/h1-3H,4H2,(H,11,12)(H,13,14)(H2,10,15,16). The second-order valence-electron chi connectivity index (χ2n) is 3.19. The van der Waals surface area contributed by atoms with E-state index in [1.807, 2.05) is 0 Å². The van der Waals surface area contributed by atoms with Crippen molar-refractivity contribution < 1.29 is 33.0 Å². The number of hydrogen-bond donors (Lipinski definition) is 3. The van der Waals surface area contributed by atoms with Crippen LogP contribution >= 0.6 is 0 Å². The predicted molar refractivity (Wildman–Crippen MR) is 57.9 cm³/mol. The van der Waals surface area contributed by atoms with Crippen LogP contribution in [0.25, 0.3) is 0 Å². The van der Waals surface area contributed by atoms with Crippen LogP contribution in [0.2, 0.25) is 0 Å². The number of ether oxygens (including phenoxy) is 1. The molecule has 0 atom stereocenters. The van der Waals surface area contributed by atoms with Gasteiger partial charge in [-0.1, -0.05) is 0 Å². The lowest BCUT2D eigenvalue weighted by molar-refractivity contribution is -0.139. The van der Waals surface area contributed by atoms with E-state index in [1.165, 1.54) is 0 Å². The molecule has 4 N–H and O–H groups in total. The SMILES string of the molecule is NS(=O)(=O)c1cc(C(=O)O)ccc1OCC(=O)O. The van der Waals surface area contributed by atoms with Gasteiger partial charge in [-0.05, 0) is 18.2 Å². The number of primary sulfonamides is 1. The van der Waals surface area contributed by atoms with Gasteiger partial charge in [0.25, 0.3) is 0 Å². The highest BCUT2D eigenvalue weighted by molar-refractivity contribution is 7.89. The van der Waals surface area contributed by atoms with Crippen LogP contribution in [0.4, 0.5) is 0 Å². The molecule has 0 aliphatic carbocycles. The van der Waals surface area contributed by atoms with Crippen LogP contribution < -0.4 is 9.88 Å². The molecule has 0 aromatic heterocycles. The summed E-state index contributed by atoms with van der Waals surface area (Å²) in [6, 6.07) is 2.91. The number of carboxylic acid groups (broad SMARTS) is 2. The maximum Gasteiger partial charge on any atom is 0.341 e. The molecule has 0 aliphatic rings. The Morgan fingerprint density at radius 1 is 1.28 bits per heavy atom. The van der Waals surface area contributed by atoms with Gasteiger partial charge in [0.1, 0.15) is 10.6 Å². The molecule has 9 heteroatoms. The first-order chi connectivity index (χ1) is 8.21. The number of carboxylic acids is 2. The summed E-state index contributed by atoms with van der Waals surface area (Å²) < 4.78 is 27.2. The topological polar surface area (TPSA) is 144 Å². The Labute approximate surface area is 102 Å². The molecule has 1 rings (SSSR count). The van der Waals surface area contributed by atoms with Gasteiger partial charge in [-0.2, -0.15) is 0 Å². The monoisotopic (exact) mass is 275 g/mol. The molecule has 0 aliphatic heterocycles. The van der Waals surface area contributed by atoms with Crippen molar-refractivity contribution in [3.8, 4) is 5.75 Å². The predicted octanol–water partition coefficient (Wildman–Crippen LogP) is -0.504. The highest BCUT2D eigenvalue weighted by Gasteiger charge is 2.18. The molecule has 0 radical (unpaired) electrons. The lowest BCUT2D eigenvalue weighted by Crippen LogP contribution is -2.17. The van der Waals surface area contributed by atoms with Crippen LogP contribution in [0, 0.1) is 0 Å². The summed E-state index contributed by atoms with van der Waals surface area (Å²) >= 11 is 0. The number of hydrogen-bond acceptors (Lipinski definition) is 5. The van der Waals surface area contributed by atoms with Crippen molar-refractivity contribution in [3.05, 3.63) is 23.8 Å². The Morgan fingerprint density at radius 2 is 1.89 bits per heavy atom. The molecule has 0 bridgehead atoms. The fourth-order valence-electron chi connectivity index (χ4n) is 1.12. The molecule has 1 aromatic rings. The average molecular weight is 275 g/mol. The van der Waals surface area contributed by atoms with Crippen molar-refractivity contribution in [2.45, 2.75) is 4.90 Å². The van der Waals surface area contributed by atoms with Crippen LogP contribution in [0.3, 0.4) is 0 Å². The Balaban J connectivity index is 3.26. The van der Waals surface area contributed by atoms with Gasteiger partial charge in [0, 0.05) is 0 Å². The van der Waals surface area contributed by atoms with Crippen molar-refractivity contribution >= 4 is 22.0 Å². The molecule has 8 nitrogen and oxygen atoms in total. The summed E-state index contributed by atoms with van der Waals surface area (Å²) in [6.07, 6.45) is 0. The zero-order chi connectivity index (χ0) is 13.9. The molecular formula is C9H9NO7S. The van der Waals surface area contributed by atoms with E-state index >= 15 is 0 Å². The lowest BCUT2D eigenvalue weighted by Gasteiger charge is -2.09. The summed E-state index contributed by atoms with van der Waals surface area (Å²) in [5.41, 5.74) is -0.304. The third kappa shape index (κ3) is 3.43. The molecule has 18 heavy (non-hydrogen) atoms. The van der Waals surface area contributed by atoms with Gasteiger partial charge in [-0.3, -0.25) is 0 Å². The summed E-state index contributed by atoms with van der Waals surface area (Å²) in [6.45, 7) is -0.769. The summed E-state index contributed by atoms with van der Waals surface area (Å²) in [5.74, 6) is -2.97. The minimum absolute atomic E-state index is 0.304. The maximum absolute atomic E-state index is 11.2. The van der Waals surface area contributed by atoms with E-state index in [0.717, 1.165) is 18.2 Å². The zero-order valence-corrected chi connectivity index (χ0v) is 9.68. The van der Waals surface area contributed by atoms with Crippen molar-refractivity contribution in [1.29, 1.82) is 0 Å². The van der Waals surface area contributed by atoms with E-state index in [4.69, 9.17) is 20.1 Å². The third-order valence-electron chi connectivity index (χ3n) is 1.85. The number of aromatic carboxylic acids is 1. The Hall–Kier alpha value is -2.13. The number of sulfonamides is 1. The molecule has 0 fully saturated rings. The van der Waals surface area contributed by atoms with Gasteiger partial charge in [-0.25, -0.2) is 23.1 Å². The summed E-state index contributed by atoms with van der Waals surface area (Å²) in [7, 11) is -4.22. The summed E-state index contributed by atoms with van der Waals surface area (Å²) in [5, 5.41) is 22.0. The molecule has 0 spiro atoms. The molecule has 0 unspecified atom stereocenters. The molecule has 1 aromatic carbocycles. The Kier molecular flexibility index (Phi) is 3.89. The van der Waals surface area contributed by atoms with E-state index in [-0.39, 0.29) is 11.3 Å². The minimum Gasteiger partial charge on any atom is -0.480 e. The maximum atomic E-state index is 11.2. The molecule has 0 saturated heterocycles. The number of carbonyl (C=O) groups is 2. The van der Waals surface area contributed by atoms with E-state index in [2.05, 4.69) is 0 Å². The second kappa shape index (κ2) is 5.02. The lowest BCUT2D eigenvalue weighted by atomic mass is 10.2. The normalized spacial score (nSPS) is 10.9. The van der Waals surface area contributed by atoms with E-state index in [0.29, 0.717) is 0 Å². The quantitative estimate of drug-likeness (QED) is 0.656. The van der Waals surface area contributed by atoms with Crippen LogP contribution in [-0.2, 0) is 14.8 Å². The van der Waals surface area contributed by atoms with Crippen molar-refractivity contribution in [2.75, 3.05) is 6.61 Å². The van der Waals surface area contributed by atoms with Gasteiger partial charge in [0.15, 0.2) is 6.61 Å². The smallest absolute Gasteiger partial charge is 0.341 e. The number of nitrogens with two attached hydrogens (primary N) is 1. The summed E-state index contributed by atoms with van der Waals surface area (Å²) in [4.78, 5) is 20.4. The van der Waals surface area contributed by atoms with Crippen LogP contribution in [0.15, 0.2) is 23.1 Å². The van der Waals surface area contributed by atoms with Gasteiger partial charge < -0.3 is 14.9 Å². The molecule has 0 saturated carbocycles. The first-order valence-corrected chi connectivity index (χ1v) is 6.01. The number of rotatable bonds is 5. The van der Waals surface area contributed by atoms with Gasteiger partial charge in [0.2, 0.25) is 10.0 Å². The largest absolute Gasteiger partial charge is 0.480 e. The molecule has 0 amide bonds. The fraction of sp³-hybridized carbons (Fsp3) is 0.111. The Bertz CT molecular complexity index is 593. The van der Waals surface area contributed by atoms with Gasteiger partial charge in [-0.15, -0.1) is 0 Å². The molecular weight excluding hydrogens is 266 g/mol. The van der Waals surface area contributed by atoms with E-state index in [1.54, 1.807) is 0 Å². The molecule has 0 heterocycles. The minimum atomic E-state index is -4.22. The highest BCUT2D eigenvalue weighted by Crippen LogP contribution is 2.24. The van der Waals surface area contributed by atoms with Gasteiger partial charge in [0.05, 0.1) is 5.56 Å². The van der Waals surface area contributed by atoms with Crippen molar-refractivity contribution in [1.82, 2.24) is 0 Å². The average Bonchev–Trinajstić information content (AvgIpc) is 2.24. The second-order valence-corrected chi connectivity index (χ2v) is 4.72. The first kappa shape index (κ1) is 13.9. The van der Waals surface area contributed by atoms with Crippen molar-refractivity contribution in [2.24, 2.45) is 5.14 Å². The van der Waals surface area contributed by atoms with E-state index < -0.39 is 33.5 Å². The van der Waals surface area contributed by atoms with Crippen LogP contribution in [-0.4, -0.2) is 37.2 Å².